The summed E-state index contributed by atoms with van der Waals surface area (Å²) in [7, 11) is 0. The van der Waals surface area contributed by atoms with Crippen LogP contribution in [-0.4, -0.2) is 24.4 Å². The maximum absolute atomic E-state index is 12.7. The minimum absolute atomic E-state index is 0.0851. The maximum atomic E-state index is 12.7. The molecular formula is C20H18ClF3N2O4. The van der Waals surface area contributed by atoms with Crippen molar-refractivity contribution >= 4 is 35.1 Å². The molecule has 0 aromatic heterocycles. The Morgan fingerprint density at radius 3 is 2.43 bits per heavy atom. The van der Waals surface area contributed by atoms with Crippen LogP contribution in [-0.2, 0) is 25.3 Å². The Bertz CT molecular complexity index is 934. The fraction of sp³-hybridized carbons (Fsp3) is 0.250. The van der Waals surface area contributed by atoms with Gasteiger partial charge in [0.2, 0.25) is 5.91 Å². The molecule has 0 heterocycles. The van der Waals surface area contributed by atoms with E-state index in [1.807, 2.05) is 0 Å². The number of hydrogen-bond acceptors (Lipinski definition) is 4. The molecule has 160 valence electrons. The quantitative estimate of drug-likeness (QED) is 0.632. The van der Waals surface area contributed by atoms with Crippen LogP contribution in [0.25, 0.3) is 0 Å². The van der Waals surface area contributed by atoms with Crippen LogP contribution in [0.3, 0.4) is 0 Å². The van der Waals surface area contributed by atoms with Gasteiger partial charge in [0.05, 0.1) is 18.0 Å². The molecular weight excluding hydrogens is 425 g/mol. The third-order valence-corrected chi connectivity index (χ3v) is 4.21. The Labute approximate surface area is 175 Å². The van der Waals surface area contributed by atoms with Crippen molar-refractivity contribution in [3.8, 4) is 0 Å². The molecule has 0 spiro atoms. The molecule has 0 saturated carbocycles. The first-order valence-corrected chi connectivity index (χ1v) is 9.08. The summed E-state index contributed by atoms with van der Waals surface area (Å²) in [6.45, 7) is 0.572. The minimum atomic E-state index is -4.55. The number of esters is 1. The lowest BCUT2D eigenvalue weighted by Gasteiger charge is -2.18. The van der Waals surface area contributed by atoms with Gasteiger partial charge in [-0.2, -0.15) is 13.2 Å². The molecule has 1 atom stereocenters. The minimum Gasteiger partial charge on any atom is -0.455 e. The first kappa shape index (κ1) is 23.2. The van der Waals surface area contributed by atoms with Crippen molar-refractivity contribution in [3.05, 3.63) is 64.7 Å². The molecule has 2 aromatic carbocycles. The zero-order chi connectivity index (χ0) is 22.3. The maximum Gasteiger partial charge on any atom is 0.416 e. The van der Waals surface area contributed by atoms with E-state index in [0.29, 0.717) is 10.6 Å². The van der Waals surface area contributed by atoms with Crippen molar-refractivity contribution < 1.29 is 32.3 Å². The third-order valence-electron chi connectivity index (χ3n) is 3.87. The number of hydrogen-bond donors (Lipinski definition) is 2. The van der Waals surface area contributed by atoms with Gasteiger partial charge in [-0.05, 0) is 29.8 Å². The lowest BCUT2D eigenvalue weighted by molar-refractivity contribution is -0.148. The predicted octanol–water partition coefficient (Wildman–Crippen LogP) is 4.11. The molecule has 2 N–H and O–H groups in total. The van der Waals surface area contributed by atoms with Gasteiger partial charge in [0.1, 0.15) is 0 Å². The normalized spacial score (nSPS) is 12.0. The summed E-state index contributed by atoms with van der Waals surface area (Å²) in [5.74, 6) is -2.00. The van der Waals surface area contributed by atoms with E-state index in [0.717, 1.165) is 18.2 Å². The number of benzene rings is 2. The van der Waals surface area contributed by atoms with Gasteiger partial charge in [0, 0.05) is 17.6 Å². The molecule has 0 saturated heterocycles. The first-order valence-electron chi connectivity index (χ1n) is 8.70. The number of rotatable bonds is 7. The number of amides is 2. The van der Waals surface area contributed by atoms with Crippen molar-refractivity contribution in [2.24, 2.45) is 0 Å². The Kier molecular flexibility index (Phi) is 7.82. The standard InChI is InChI=1S/C20H18ClF3N2O4/c1-12(27)25-17(15-7-2-3-8-16(15)21)10-19(29)30-11-18(28)26-14-6-4-5-13(9-14)20(22,23)24/h2-9,17H,10-11H2,1H3,(H,25,27)(H,26,28)/t17-/m1/s1. The van der Waals surface area contributed by atoms with E-state index in [9.17, 15) is 27.6 Å². The van der Waals surface area contributed by atoms with Crippen LogP contribution in [0.4, 0.5) is 18.9 Å². The molecule has 0 unspecified atom stereocenters. The number of anilines is 1. The van der Waals surface area contributed by atoms with Gasteiger partial charge in [-0.15, -0.1) is 0 Å². The summed E-state index contributed by atoms with van der Waals surface area (Å²) < 4.78 is 43.0. The number of carbonyl (C=O) groups is 3. The second-order valence-corrected chi connectivity index (χ2v) is 6.67. The highest BCUT2D eigenvalue weighted by Crippen LogP contribution is 2.30. The summed E-state index contributed by atoms with van der Waals surface area (Å²) in [5.41, 5.74) is -0.506. The van der Waals surface area contributed by atoms with Crippen LogP contribution in [0.15, 0.2) is 48.5 Å². The van der Waals surface area contributed by atoms with Crippen LogP contribution in [0.2, 0.25) is 5.02 Å². The molecule has 0 fully saturated rings. The molecule has 0 aliphatic carbocycles. The molecule has 0 bridgehead atoms. The molecule has 6 nitrogen and oxygen atoms in total. The monoisotopic (exact) mass is 442 g/mol. The van der Waals surface area contributed by atoms with Crippen LogP contribution in [0, 0.1) is 0 Å². The Balaban J connectivity index is 1.94. The third kappa shape index (κ3) is 7.07. The van der Waals surface area contributed by atoms with Crippen molar-refractivity contribution in [1.82, 2.24) is 5.32 Å². The highest BCUT2D eigenvalue weighted by Gasteiger charge is 2.30. The van der Waals surface area contributed by atoms with E-state index in [4.69, 9.17) is 16.3 Å². The van der Waals surface area contributed by atoms with Crippen molar-refractivity contribution in [2.75, 3.05) is 11.9 Å². The molecule has 0 radical (unpaired) electrons. The van der Waals surface area contributed by atoms with Crippen molar-refractivity contribution in [1.29, 1.82) is 0 Å². The van der Waals surface area contributed by atoms with E-state index in [2.05, 4.69) is 10.6 Å². The number of alkyl halides is 3. The summed E-state index contributed by atoms with van der Waals surface area (Å²) in [6.07, 6.45) is -4.84. The average molecular weight is 443 g/mol. The molecule has 2 aromatic rings. The highest BCUT2D eigenvalue weighted by molar-refractivity contribution is 6.31. The van der Waals surface area contributed by atoms with Crippen LogP contribution < -0.4 is 10.6 Å². The SMILES string of the molecule is CC(=O)N[C@H](CC(=O)OCC(=O)Nc1cccc(C(F)(F)F)c1)c1ccccc1Cl. The Morgan fingerprint density at radius 2 is 1.80 bits per heavy atom. The predicted molar refractivity (Wildman–Crippen MR) is 104 cm³/mol. The Hall–Kier alpha value is -3.07. The molecule has 2 amide bonds. The largest absolute Gasteiger partial charge is 0.455 e. The molecule has 0 aliphatic rings. The van der Waals surface area contributed by atoms with Crippen molar-refractivity contribution in [3.63, 3.8) is 0 Å². The van der Waals surface area contributed by atoms with Gasteiger partial charge >= 0.3 is 12.1 Å². The van der Waals surface area contributed by atoms with Crippen LogP contribution in [0.1, 0.15) is 30.5 Å². The van der Waals surface area contributed by atoms with Gasteiger partial charge in [-0.1, -0.05) is 35.9 Å². The molecule has 0 aliphatic heterocycles. The number of carbonyl (C=O) groups excluding carboxylic acids is 3. The fourth-order valence-corrected chi connectivity index (χ4v) is 2.85. The smallest absolute Gasteiger partial charge is 0.416 e. The van der Waals surface area contributed by atoms with E-state index < -0.39 is 42.2 Å². The lowest BCUT2D eigenvalue weighted by atomic mass is 10.0. The zero-order valence-corrected chi connectivity index (χ0v) is 16.5. The van der Waals surface area contributed by atoms with Gasteiger partial charge in [0.15, 0.2) is 6.61 Å². The number of ether oxygens (including phenoxy) is 1. The van der Waals surface area contributed by atoms with Gasteiger partial charge in [0.25, 0.3) is 5.91 Å². The molecule has 30 heavy (non-hydrogen) atoms. The Morgan fingerprint density at radius 1 is 1.10 bits per heavy atom. The second kappa shape index (κ2) is 10.1. The molecule has 10 heteroatoms. The van der Waals surface area contributed by atoms with Gasteiger partial charge < -0.3 is 15.4 Å². The zero-order valence-electron chi connectivity index (χ0n) is 15.8. The molecule has 2 rings (SSSR count). The topological polar surface area (TPSA) is 84.5 Å². The van der Waals surface area contributed by atoms with Crippen LogP contribution in [0.5, 0.6) is 0 Å². The van der Waals surface area contributed by atoms with E-state index in [1.165, 1.54) is 13.0 Å². The fourth-order valence-electron chi connectivity index (χ4n) is 2.58. The highest BCUT2D eigenvalue weighted by atomic mass is 35.5. The van der Waals surface area contributed by atoms with Gasteiger partial charge in [-0.25, -0.2) is 0 Å². The summed E-state index contributed by atoms with van der Waals surface area (Å²) in [5, 5.41) is 5.15. The average Bonchev–Trinajstić information content (AvgIpc) is 2.65. The van der Waals surface area contributed by atoms with Crippen LogP contribution >= 0.6 is 11.6 Å². The summed E-state index contributed by atoms with van der Waals surface area (Å²) in [4.78, 5) is 35.5. The van der Waals surface area contributed by atoms with E-state index in [-0.39, 0.29) is 12.1 Å². The van der Waals surface area contributed by atoms with Crippen molar-refractivity contribution in [2.45, 2.75) is 25.6 Å². The van der Waals surface area contributed by atoms with Gasteiger partial charge in [-0.3, -0.25) is 14.4 Å². The van der Waals surface area contributed by atoms with E-state index in [1.54, 1.807) is 24.3 Å². The number of nitrogens with one attached hydrogen (secondary N) is 2. The number of halogens is 4. The first-order chi connectivity index (χ1) is 14.1. The summed E-state index contributed by atoms with van der Waals surface area (Å²) in [6, 6.07) is 9.89. The summed E-state index contributed by atoms with van der Waals surface area (Å²) >= 11 is 6.10. The second-order valence-electron chi connectivity index (χ2n) is 6.27. The lowest BCUT2D eigenvalue weighted by Crippen LogP contribution is -2.29. The van der Waals surface area contributed by atoms with E-state index >= 15 is 0 Å².